The molecule has 1 fully saturated rings. The van der Waals surface area contributed by atoms with Crippen LogP contribution in [0.2, 0.25) is 10.0 Å². The molecule has 0 aromatic heterocycles. The van der Waals surface area contributed by atoms with Gasteiger partial charge in [0.2, 0.25) is 0 Å². The number of aliphatic hydroxyl groups is 1. The third-order valence-corrected chi connectivity index (χ3v) is 5.45. The van der Waals surface area contributed by atoms with E-state index in [0.717, 1.165) is 50.8 Å². The standard InChI is InChI=1S/C20H30Cl2N2O2/c1-2-3-10-23-13-17(25)14-26-24-20-7-5-4-6-16(20)11-15-8-9-18(21)19(22)12-15/h8-9,12,16-17,23,25H,2-7,10-11,13-14H2,1H3/b24-20+/t16-,17+/m1/s1. The van der Waals surface area contributed by atoms with Gasteiger partial charge >= 0.3 is 0 Å². The van der Waals surface area contributed by atoms with Crippen molar-refractivity contribution in [1.29, 1.82) is 0 Å². The molecule has 146 valence electrons. The van der Waals surface area contributed by atoms with Gasteiger partial charge in [0, 0.05) is 12.5 Å². The average Bonchev–Trinajstić information content (AvgIpc) is 2.63. The Morgan fingerprint density at radius 3 is 2.92 bits per heavy atom. The minimum atomic E-state index is -0.534. The van der Waals surface area contributed by atoms with Gasteiger partial charge in [0.1, 0.15) is 12.7 Å². The highest BCUT2D eigenvalue weighted by molar-refractivity contribution is 6.42. The fraction of sp³-hybridized carbons (Fsp3) is 0.650. The first kappa shape index (κ1) is 21.5. The van der Waals surface area contributed by atoms with Crippen LogP contribution in [-0.4, -0.2) is 36.6 Å². The van der Waals surface area contributed by atoms with Crippen LogP contribution in [0.25, 0.3) is 0 Å². The maximum absolute atomic E-state index is 9.95. The number of unbranched alkanes of at least 4 members (excludes halogenated alkanes) is 1. The van der Waals surface area contributed by atoms with Gasteiger partial charge in [-0.05, 0) is 56.3 Å². The molecule has 1 saturated carbocycles. The van der Waals surface area contributed by atoms with E-state index in [9.17, 15) is 5.11 Å². The monoisotopic (exact) mass is 400 g/mol. The van der Waals surface area contributed by atoms with Gasteiger partial charge in [0.15, 0.2) is 0 Å². The molecule has 1 aromatic carbocycles. The Morgan fingerprint density at radius 2 is 2.15 bits per heavy atom. The van der Waals surface area contributed by atoms with Crippen molar-refractivity contribution in [3.63, 3.8) is 0 Å². The Bertz CT molecular complexity index is 581. The van der Waals surface area contributed by atoms with E-state index < -0.39 is 6.10 Å². The van der Waals surface area contributed by atoms with E-state index in [0.29, 0.717) is 22.5 Å². The molecule has 2 rings (SSSR count). The molecule has 1 aromatic rings. The van der Waals surface area contributed by atoms with E-state index in [1.165, 1.54) is 12.0 Å². The van der Waals surface area contributed by atoms with Gasteiger partial charge in [-0.25, -0.2) is 0 Å². The zero-order valence-electron chi connectivity index (χ0n) is 15.5. The molecule has 0 amide bonds. The van der Waals surface area contributed by atoms with E-state index in [1.54, 1.807) is 0 Å². The summed E-state index contributed by atoms with van der Waals surface area (Å²) in [6, 6.07) is 5.80. The number of halogens is 2. The fourth-order valence-corrected chi connectivity index (χ4v) is 3.52. The molecule has 0 heterocycles. The molecule has 2 atom stereocenters. The molecule has 0 radical (unpaired) electrons. The Hall–Kier alpha value is -0.810. The van der Waals surface area contributed by atoms with E-state index in [-0.39, 0.29) is 6.61 Å². The van der Waals surface area contributed by atoms with Crippen molar-refractivity contribution in [2.75, 3.05) is 19.7 Å². The summed E-state index contributed by atoms with van der Waals surface area (Å²) >= 11 is 12.1. The lowest BCUT2D eigenvalue weighted by atomic mass is 9.83. The van der Waals surface area contributed by atoms with Crippen molar-refractivity contribution >= 4 is 28.9 Å². The predicted octanol–water partition coefficient (Wildman–Crippen LogP) is 4.85. The molecule has 0 saturated heterocycles. The first-order valence-electron chi connectivity index (χ1n) is 9.61. The number of oxime groups is 1. The highest BCUT2D eigenvalue weighted by atomic mass is 35.5. The summed E-state index contributed by atoms with van der Waals surface area (Å²) in [6.45, 7) is 3.84. The molecular formula is C20H30Cl2N2O2. The Balaban J connectivity index is 1.83. The van der Waals surface area contributed by atoms with E-state index in [2.05, 4.69) is 17.4 Å². The Labute approximate surface area is 166 Å². The first-order valence-corrected chi connectivity index (χ1v) is 10.4. The molecule has 2 N–H and O–H groups in total. The molecule has 1 aliphatic rings. The van der Waals surface area contributed by atoms with E-state index >= 15 is 0 Å². The van der Waals surface area contributed by atoms with E-state index in [1.807, 2.05) is 18.2 Å². The van der Waals surface area contributed by atoms with Crippen molar-refractivity contribution in [1.82, 2.24) is 5.32 Å². The molecule has 1 aliphatic carbocycles. The van der Waals surface area contributed by atoms with Gasteiger partial charge < -0.3 is 15.3 Å². The lowest BCUT2D eigenvalue weighted by Gasteiger charge is -2.24. The molecular weight excluding hydrogens is 371 g/mol. The minimum Gasteiger partial charge on any atom is -0.393 e. The smallest absolute Gasteiger partial charge is 0.144 e. The SMILES string of the molecule is CCCCNC[C@H](O)CO/N=C1\CCCC[C@@H]1Cc1ccc(Cl)c(Cl)c1. The topological polar surface area (TPSA) is 53.8 Å². The minimum absolute atomic E-state index is 0.224. The molecule has 0 spiro atoms. The van der Waals surface area contributed by atoms with Crippen LogP contribution in [0.5, 0.6) is 0 Å². The van der Waals surface area contributed by atoms with Crippen LogP contribution >= 0.6 is 23.2 Å². The molecule has 0 bridgehead atoms. The Kier molecular flexibility index (Phi) is 9.76. The zero-order chi connectivity index (χ0) is 18.8. The van der Waals surface area contributed by atoms with Crippen LogP contribution in [0.4, 0.5) is 0 Å². The van der Waals surface area contributed by atoms with Gasteiger partial charge in [0.05, 0.1) is 15.8 Å². The third kappa shape index (κ3) is 7.43. The second kappa shape index (κ2) is 11.8. The fourth-order valence-electron chi connectivity index (χ4n) is 3.19. The predicted molar refractivity (Wildman–Crippen MR) is 109 cm³/mol. The van der Waals surface area contributed by atoms with E-state index in [4.69, 9.17) is 28.0 Å². The van der Waals surface area contributed by atoms with Crippen molar-refractivity contribution in [3.8, 4) is 0 Å². The second-order valence-electron chi connectivity index (χ2n) is 6.99. The summed E-state index contributed by atoms with van der Waals surface area (Å²) in [5.74, 6) is 0.362. The second-order valence-corrected chi connectivity index (χ2v) is 7.80. The number of aliphatic hydroxyl groups excluding tert-OH is 1. The van der Waals surface area contributed by atoms with Crippen molar-refractivity contribution in [2.24, 2.45) is 11.1 Å². The van der Waals surface area contributed by atoms with Gasteiger partial charge in [-0.3, -0.25) is 0 Å². The van der Waals surface area contributed by atoms with Gasteiger partial charge in [-0.15, -0.1) is 0 Å². The van der Waals surface area contributed by atoms with Crippen LogP contribution in [-0.2, 0) is 11.3 Å². The van der Waals surface area contributed by atoms with Crippen LogP contribution in [0.15, 0.2) is 23.4 Å². The summed E-state index contributed by atoms with van der Waals surface area (Å²) in [5.41, 5.74) is 2.26. The van der Waals surface area contributed by atoms with Crippen molar-refractivity contribution in [2.45, 2.75) is 58.0 Å². The van der Waals surface area contributed by atoms with Crippen LogP contribution in [0, 0.1) is 5.92 Å². The largest absolute Gasteiger partial charge is 0.393 e. The number of hydrogen-bond acceptors (Lipinski definition) is 4. The summed E-state index contributed by atoms with van der Waals surface area (Å²) in [6.07, 6.45) is 7.02. The van der Waals surface area contributed by atoms with Crippen LogP contribution in [0.3, 0.4) is 0 Å². The molecule has 0 unspecified atom stereocenters. The summed E-state index contributed by atoms with van der Waals surface area (Å²) in [7, 11) is 0. The van der Waals surface area contributed by atoms with Crippen molar-refractivity contribution in [3.05, 3.63) is 33.8 Å². The molecule has 26 heavy (non-hydrogen) atoms. The maximum atomic E-state index is 9.95. The number of hydrogen-bond donors (Lipinski definition) is 2. The molecule has 6 heteroatoms. The molecule has 4 nitrogen and oxygen atoms in total. The summed E-state index contributed by atoms with van der Waals surface area (Å²) < 4.78 is 0. The van der Waals surface area contributed by atoms with Crippen LogP contribution in [0.1, 0.15) is 51.0 Å². The number of nitrogens with zero attached hydrogens (tertiary/aromatic N) is 1. The lowest BCUT2D eigenvalue weighted by Crippen LogP contribution is -2.31. The van der Waals surface area contributed by atoms with Gasteiger partial charge in [-0.1, -0.05) is 54.2 Å². The Morgan fingerprint density at radius 1 is 1.31 bits per heavy atom. The normalized spacial score (nSPS) is 20.3. The lowest BCUT2D eigenvalue weighted by molar-refractivity contribution is 0.0392. The number of rotatable bonds is 10. The highest BCUT2D eigenvalue weighted by Gasteiger charge is 2.22. The maximum Gasteiger partial charge on any atom is 0.144 e. The van der Waals surface area contributed by atoms with Gasteiger partial charge in [-0.2, -0.15) is 0 Å². The van der Waals surface area contributed by atoms with Crippen LogP contribution < -0.4 is 5.32 Å². The average molecular weight is 401 g/mol. The summed E-state index contributed by atoms with van der Waals surface area (Å²) in [4.78, 5) is 5.45. The molecule has 0 aliphatic heterocycles. The quantitative estimate of drug-likeness (QED) is 0.435. The number of nitrogens with one attached hydrogen (secondary N) is 1. The zero-order valence-corrected chi connectivity index (χ0v) is 17.0. The number of benzene rings is 1. The summed E-state index contributed by atoms with van der Waals surface area (Å²) in [5, 5.41) is 18.7. The first-order chi connectivity index (χ1) is 12.6. The third-order valence-electron chi connectivity index (χ3n) is 4.71. The van der Waals surface area contributed by atoms with Gasteiger partial charge in [0.25, 0.3) is 0 Å². The highest BCUT2D eigenvalue weighted by Crippen LogP contribution is 2.28. The van der Waals surface area contributed by atoms with Crippen molar-refractivity contribution < 1.29 is 9.94 Å².